The Balaban J connectivity index is 2.33. The fourth-order valence-corrected chi connectivity index (χ4v) is 1.76. The number of amides is 1. The van der Waals surface area contributed by atoms with Gasteiger partial charge in [0.25, 0.3) is 5.91 Å². The lowest BCUT2D eigenvalue weighted by Crippen LogP contribution is -2.16. The number of hydrogen-bond donors (Lipinski definition) is 2. The number of benzene rings is 1. The molecule has 0 fully saturated rings. The first-order valence-electron chi connectivity index (χ1n) is 5.79. The fourth-order valence-electron chi connectivity index (χ4n) is 1.76. The quantitative estimate of drug-likeness (QED) is 0.827. The third kappa shape index (κ3) is 2.65. The van der Waals surface area contributed by atoms with E-state index in [1.165, 1.54) is 7.11 Å². The van der Waals surface area contributed by atoms with Crippen molar-refractivity contribution in [3.05, 3.63) is 47.8 Å². The Kier molecular flexibility index (Phi) is 3.66. The summed E-state index contributed by atoms with van der Waals surface area (Å²) in [5, 5.41) is 2.78. The maximum Gasteiger partial charge on any atom is 0.261 e. The molecule has 5 nitrogen and oxygen atoms in total. The minimum absolute atomic E-state index is 0.314. The highest BCUT2D eigenvalue weighted by Crippen LogP contribution is 2.25. The molecule has 0 unspecified atom stereocenters. The summed E-state index contributed by atoms with van der Waals surface area (Å²) in [6.07, 6.45) is 1.67. The van der Waals surface area contributed by atoms with Gasteiger partial charge in [-0.3, -0.25) is 9.78 Å². The fraction of sp³-hybridized carbons (Fsp3) is 0.143. The summed E-state index contributed by atoms with van der Waals surface area (Å²) in [7, 11) is 1.50. The number of methoxy groups -OCH3 is 1. The average molecular weight is 257 g/mol. The Morgan fingerprint density at radius 3 is 2.79 bits per heavy atom. The van der Waals surface area contributed by atoms with Crippen molar-refractivity contribution in [3.63, 3.8) is 0 Å². The van der Waals surface area contributed by atoms with Crippen LogP contribution in [0.3, 0.4) is 0 Å². The first-order valence-corrected chi connectivity index (χ1v) is 5.79. The van der Waals surface area contributed by atoms with Crippen LogP contribution in [0.15, 0.2) is 36.5 Å². The van der Waals surface area contributed by atoms with Gasteiger partial charge in [-0.1, -0.05) is 6.07 Å². The summed E-state index contributed by atoms with van der Waals surface area (Å²) < 4.78 is 5.16. The number of rotatable bonds is 3. The Morgan fingerprint density at radius 1 is 1.32 bits per heavy atom. The first-order chi connectivity index (χ1) is 9.13. The van der Waals surface area contributed by atoms with Crippen molar-refractivity contribution in [3.8, 4) is 5.75 Å². The van der Waals surface area contributed by atoms with Gasteiger partial charge in [0.1, 0.15) is 11.3 Å². The number of hydrogen-bond acceptors (Lipinski definition) is 4. The molecule has 5 heteroatoms. The number of ether oxygens (including phenoxy) is 1. The molecule has 0 atom stereocenters. The third-order valence-electron chi connectivity index (χ3n) is 2.76. The molecule has 1 heterocycles. The van der Waals surface area contributed by atoms with E-state index >= 15 is 0 Å². The molecule has 19 heavy (non-hydrogen) atoms. The SMILES string of the molecule is COc1cccc(N)c1C(=O)Nc1cccnc1C. The van der Waals surface area contributed by atoms with Crippen LogP contribution in [-0.2, 0) is 0 Å². The van der Waals surface area contributed by atoms with Crippen molar-refractivity contribution in [2.24, 2.45) is 0 Å². The largest absolute Gasteiger partial charge is 0.496 e. The van der Waals surface area contributed by atoms with Crippen molar-refractivity contribution in [1.29, 1.82) is 0 Å². The van der Waals surface area contributed by atoms with Gasteiger partial charge >= 0.3 is 0 Å². The molecule has 3 N–H and O–H groups in total. The number of nitrogens with zero attached hydrogens (tertiary/aromatic N) is 1. The number of nitrogen functional groups attached to an aromatic ring is 1. The summed E-state index contributed by atoms with van der Waals surface area (Å²) in [6, 6.07) is 8.63. The standard InChI is InChI=1S/C14H15N3O2/c1-9-11(6-4-8-16-9)17-14(18)13-10(15)5-3-7-12(13)19-2/h3-8H,15H2,1-2H3,(H,17,18). The number of nitrogens with one attached hydrogen (secondary N) is 1. The summed E-state index contributed by atoms with van der Waals surface area (Å²) in [5.41, 5.74) is 7.92. The lowest BCUT2D eigenvalue weighted by Gasteiger charge is -2.12. The van der Waals surface area contributed by atoms with Crippen LogP contribution in [0, 0.1) is 6.92 Å². The molecular formula is C14H15N3O2. The Morgan fingerprint density at radius 2 is 2.11 bits per heavy atom. The lowest BCUT2D eigenvalue weighted by atomic mass is 10.1. The number of nitrogens with two attached hydrogens (primary N) is 1. The molecule has 1 amide bonds. The highest BCUT2D eigenvalue weighted by Gasteiger charge is 2.16. The molecule has 0 saturated heterocycles. The second-order valence-corrected chi connectivity index (χ2v) is 4.01. The molecule has 0 spiro atoms. The zero-order valence-electron chi connectivity index (χ0n) is 10.8. The minimum atomic E-state index is -0.314. The van der Waals surface area contributed by atoms with E-state index in [-0.39, 0.29) is 5.91 Å². The van der Waals surface area contributed by atoms with E-state index in [2.05, 4.69) is 10.3 Å². The molecule has 1 aromatic carbocycles. The van der Waals surface area contributed by atoms with Gasteiger partial charge in [0.05, 0.1) is 18.5 Å². The Bertz CT molecular complexity index is 611. The van der Waals surface area contributed by atoms with Crippen LogP contribution in [0.5, 0.6) is 5.75 Å². The average Bonchev–Trinajstić information content (AvgIpc) is 2.40. The van der Waals surface area contributed by atoms with E-state index in [4.69, 9.17) is 10.5 Å². The molecule has 1 aromatic heterocycles. The van der Waals surface area contributed by atoms with Crippen LogP contribution in [0.4, 0.5) is 11.4 Å². The summed E-state index contributed by atoms with van der Waals surface area (Å²) >= 11 is 0. The van der Waals surface area contributed by atoms with Gasteiger partial charge in [-0.2, -0.15) is 0 Å². The van der Waals surface area contributed by atoms with Gasteiger partial charge in [0.15, 0.2) is 0 Å². The highest BCUT2D eigenvalue weighted by atomic mass is 16.5. The molecule has 0 aliphatic heterocycles. The van der Waals surface area contributed by atoms with E-state index < -0.39 is 0 Å². The summed E-state index contributed by atoms with van der Waals surface area (Å²) in [5.74, 6) is 0.130. The van der Waals surface area contributed by atoms with Crippen LogP contribution >= 0.6 is 0 Å². The third-order valence-corrected chi connectivity index (χ3v) is 2.76. The summed E-state index contributed by atoms with van der Waals surface area (Å²) in [4.78, 5) is 16.4. The molecule has 0 bridgehead atoms. The molecule has 2 rings (SSSR count). The van der Waals surface area contributed by atoms with Gasteiger partial charge in [0, 0.05) is 11.9 Å². The lowest BCUT2D eigenvalue weighted by molar-refractivity contribution is 0.102. The van der Waals surface area contributed by atoms with Crippen LogP contribution in [-0.4, -0.2) is 18.0 Å². The zero-order chi connectivity index (χ0) is 13.8. The van der Waals surface area contributed by atoms with E-state index in [0.29, 0.717) is 22.7 Å². The zero-order valence-corrected chi connectivity index (χ0v) is 10.8. The van der Waals surface area contributed by atoms with E-state index in [1.54, 1.807) is 36.5 Å². The van der Waals surface area contributed by atoms with Crippen molar-refractivity contribution in [2.75, 3.05) is 18.2 Å². The predicted octanol–water partition coefficient (Wildman–Crippen LogP) is 2.23. The van der Waals surface area contributed by atoms with Gasteiger partial charge < -0.3 is 15.8 Å². The molecule has 98 valence electrons. The molecule has 0 aliphatic carbocycles. The minimum Gasteiger partial charge on any atom is -0.496 e. The molecule has 0 aliphatic rings. The van der Waals surface area contributed by atoms with Crippen molar-refractivity contribution in [2.45, 2.75) is 6.92 Å². The van der Waals surface area contributed by atoms with Crippen molar-refractivity contribution in [1.82, 2.24) is 4.98 Å². The number of aromatic nitrogens is 1. The van der Waals surface area contributed by atoms with Crippen LogP contribution in [0.25, 0.3) is 0 Å². The van der Waals surface area contributed by atoms with E-state index in [1.807, 2.05) is 6.92 Å². The maximum atomic E-state index is 12.3. The first kappa shape index (κ1) is 12.9. The molecule has 0 saturated carbocycles. The maximum absolute atomic E-state index is 12.3. The van der Waals surface area contributed by atoms with Crippen LogP contribution < -0.4 is 15.8 Å². The predicted molar refractivity (Wildman–Crippen MR) is 74.3 cm³/mol. The molecule has 2 aromatic rings. The number of anilines is 2. The second kappa shape index (κ2) is 5.39. The number of aryl methyl sites for hydroxylation is 1. The van der Waals surface area contributed by atoms with Crippen molar-refractivity contribution < 1.29 is 9.53 Å². The number of pyridine rings is 1. The monoisotopic (exact) mass is 257 g/mol. The number of carbonyl (C=O) groups is 1. The van der Waals surface area contributed by atoms with E-state index in [0.717, 1.165) is 5.69 Å². The van der Waals surface area contributed by atoms with Crippen molar-refractivity contribution >= 4 is 17.3 Å². The van der Waals surface area contributed by atoms with Gasteiger partial charge in [-0.05, 0) is 31.2 Å². The molecule has 0 radical (unpaired) electrons. The van der Waals surface area contributed by atoms with Crippen LogP contribution in [0.2, 0.25) is 0 Å². The van der Waals surface area contributed by atoms with Crippen LogP contribution in [0.1, 0.15) is 16.1 Å². The second-order valence-electron chi connectivity index (χ2n) is 4.01. The number of carbonyl (C=O) groups excluding carboxylic acids is 1. The topological polar surface area (TPSA) is 77.2 Å². The van der Waals surface area contributed by atoms with E-state index in [9.17, 15) is 4.79 Å². The highest BCUT2D eigenvalue weighted by molar-refractivity contribution is 6.09. The van der Waals surface area contributed by atoms with Gasteiger partial charge in [-0.25, -0.2) is 0 Å². The Labute approximate surface area is 111 Å². The Hall–Kier alpha value is -2.56. The van der Waals surface area contributed by atoms with Gasteiger partial charge in [0.2, 0.25) is 0 Å². The molecular weight excluding hydrogens is 242 g/mol. The van der Waals surface area contributed by atoms with Gasteiger partial charge in [-0.15, -0.1) is 0 Å². The normalized spacial score (nSPS) is 10.0. The summed E-state index contributed by atoms with van der Waals surface area (Å²) in [6.45, 7) is 1.82. The smallest absolute Gasteiger partial charge is 0.261 e.